The van der Waals surface area contributed by atoms with Crippen molar-refractivity contribution in [3.8, 4) is 0 Å². The van der Waals surface area contributed by atoms with Crippen molar-refractivity contribution in [1.29, 1.82) is 0 Å². The van der Waals surface area contributed by atoms with Gasteiger partial charge in [0.1, 0.15) is 14.6 Å². The molecule has 234 valence electrons. The van der Waals surface area contributed by atoms with Crippen LogP contribution in [0.4, 0.5) is 39.5 Å². The smallest absolute Gasteiger partial charge is 0.276 e. The third-order valence-corrected chi connectivity index (χ3v) is 7.16. The average Bonchev–Trinajstić information content (AvgIpc) is 3.66. The van der Waals surface area contributed by atoms with Gasteiger partial charge in [-0.3, -0.25) is 28.8 Å². The summed E-state index contributed by atoms with van der Waals surface area (Å²) in [5.41, 5.74) is 0. The van der Waals surface area contributed by atoms with E-state index < -0.39 is 72.5 Å². The molecule has 0 aliphatic heterocycles. The van der Waals surface area contributed by atoms with Gasteiger partial charge in [0.05, 0.1) is 0 Å². The van der Waals surface area contributed by atoms with Gasteiger partial charge >= 0.3 is 53.2 Å². The third kappa shape index (κ3) is 15.4. The van der Waals surface area contributed by atoms with Crippen LogP contribution in [0.15, 0.2) is 52.5 Å². The van der Waals surface area contributed by atoms with Crippen molar-refractivity contribution in [2.45, 2.75) is 37.8 Å². The van der Waals surface area contributed by atoms with Crippen molar-refractivity contribution in [2.75, 3.05) is 0 Å². The zero-order valence-corrected chi connectivity index (χ0v) is 26.1. The summed E-state index contributed by atoms with van der Waals surface area (Å²) in [6, 6.07) is 9.22. The van der Waals surface area contributed by atoms with E-state index in [-0.39, 0.29) is 40.4 Å². The van der Waals surface area contributed by atoms with Crippen LogP contribution in [0.25, 0.3) is 0 Å². The molecule has 0 saturated heterocycles. The summed E-state index contributed by atoms with van der Waals surface area (Å²) < 4.78 is 107. The molecule has 0 unspecified atom stereocenters. The van der Waals surface area contributed by atoms with Crippen LogP contribution < -0.4 is 0 Å². The van der Waals surface area contributed by atoms with Crippen molar-refractivity contribution in [3.05, 3.63) is 67.2 Å². The van der Waals surface area contributed by atoms with Crippen LogP contribution >= 0.6 is 34.0 Å². The van der Waals surface area contributed by atoms with Gasteiger partial charge in [-0.15, -0.1) is 34.0 Å². The van der Waals surface area contributed by atoms with Crippen molar-refractivity contribution in [2.24, 2.45) is 0 Å². The van der Waals surface area contributed by atoms with Gasteiger partial charge in [-0.1, -0.05) is 18.2 Å². The molecule has 0 fully saturated rings. The minimum absolute atomic E-state index is 0. The first-order valence-corrected chi connectivity index (χ1v) is 13.5. The molecule has 0 saturated carbocycles. The van der Waals surface area contributed by atoms with Crippen LogP contribution in [0.1, 0.15) is 33.9 Å². The summed E-state index contributed by atoms with van der Waals surface area (Å²) in [4.78, 5) is 54.2. The number of ketones is 6. The van der Waals surface area contributed by atoms with E-state index in [9.17, 15) is 53.9 Å². The topological polar surface area (TPSA) is 128 Å². The second-order valence-corrected chi connectivity index (χ2v) is 10.5. The fourth-order valence-electron chi connectivity index (χ4n) is 2.37. The number of rotatable bonds is 9. The molecule has 0 aromatic carbocycles. The van der Waals surface area contributed by atoms with E-state index in [2.05, 4.69) is 0 Å². The molecule has 0 aliphatic carbocycles. The number of thiophene rings is 3. The Morgan fingerprint density at radius 3 is 0.814 bits per heavy atom. The van der Waals surface area contributed by atoms with Gasteiger partial charge in [0.2, 0.25) is 0 Å². The molecule has 0 spiro atoms. The third-order valence-electron chi connectivity index (χ3n) is 4.40. The van der Waals surface area contributed by atoms with Gasteiger partial charge in [-0.25, -0.2) is 0 Å². The molecule has 0 amide bonds. The maximum absolute atomic E-state index is 11.8. The first-order valence-electron chi connectivity index (χ1n) is 10.8. The minimum atomic E-state index is -4.77. The van der Waals surface area contributed by atoms with Gasteiger partial charge in [0.25, 0.3) is 0 Å². The molecule has 0 aliphatic rings. The normalized spacial score (nSPS) is 11.1. The summed E-state index contributed by atoms with van der Waals surface area (Å²) in [6.07, 6.45) is -17.0. The molecular formula is C24H21F9O6S3Sm+6. The number of halogens is 9. The number of hydrogen-bond donors (Lipinski definition) is 0. The van der Waals surface area contributed by atoms with E-state index in [0.717, 1.165) is 34.0 Å². The molecule has 0 radical (unpaired) electrons. The van der Waals surface area contributed by atoms with Crippen LogP contribution in [0, 0.1) is 40.4 Å². The quantitative estimate of drug-likeness (QED) is 0.102. The van der Waals surface area contributed by atoms with Gasteiger partial charge in [0, 0.05) is 40.4 Å². The molecule has 19 heteroatoms. The van der Waals surface area contributed by atoms with E-state index in [1.807, 2.05) is 0 Å². The summed E-state index contributed by atoms with van der Waals surface area (Å²) >= 11 is 3.31. The van der Waals surface area contributed by atoms with Crippen molar-refractivity contribution in [3.63, 3.8) is 0 Å². The summed E-state index contributed by atoms with van der Waals surface area (Å²) in [7, 11) is 0. The first-order chi connectivity index (χ1) is 19.2. The van der Waals surface area contributed by atoms with Crippen LogP contribution in [0.5, 0.6) is 0 Å². The Bertz CT molecular complexity index is 1190. The molecule has 3 aromatic heterocycles. The fourth-order valence-corrected chi connectivity index (χ4v) is 4.37. The monoisotopic (exact) mass is 824 g/mol. The Labute approximate surface area is 280 Å². The van der Waals surface area contributed by atoms with Gasteiger partial charge in [-0.05, 0) is 34.3 Å². The Kier molecular flexibility index (Phi) is 17.0. The number of alkyl halides is 9. The number of carbonyl (C=O) groups excluding carboxylic acids is 6. The summed E-state index contributed by atoms with van der Waals surface area (Å²) in [6.45, 7) is 0. The Balaban J connectivity index is 0.000000608. The first kappa shape index (κ1) is 40.8. The van der Waals surface area contributed by atoms with Crippen LogP contribution in [0.3, 0.4) is 0 Å². The minimum Gasteiger partial charge on any atom is -0.276 e. The maximum atomic E-state index is 11.8. The van der Waals surface area contributed by atoms with Crippen LogP contribution in [-0.4, -0.2) is 82.0 Å². The molecule has 3 heterocycles. The van der Waals surface area contributed by atoms with Crippen LogP contribution in [-0.2, 0) is 0 Å². The van der Waals surface area contributed by atoms with Gasteiger partial charge in [0.15, 0.2) is 19.3 Å². The maximum Gasteiger partial charge on any atom is 0.505 e. The number of hydrogen-bond acceptors (Lipinski definition) is 3. The largest absolute Gasteiger partial charge is 0.505 e. The SMILES string of the molecule is [OH+]=C(CC(=[OH+])C(F)(F)F)c1cccs1.[OH+]=C(CC(=[OH+])C(F)(F)F)c1cccs1.[OH+]=C(CC(=[OH+])C(F)(F)F)c1cccs1.[Sm]. The zero-order valence-electron chi connectivity index (χ0n) is 21.0. The molecule has 0 bridgehead atoms. The second-order valence-electron chi connectivity index (χ2n) is 7.64. The Morgan fingerprint density at radius 2 is 0.674 bits per heavy atom. The fraction of sp³-hybridized carbons (Fsp3) is 0.250. The summed E-state index contributed by atoms with van der Waals surface area (Å²) in [5, 5.41) is 4.86. The molecule has 43 heavy (non-hydrogen) atoms. The zero-order chi connectivity index (χ0) is 32.3. The average molecular weight is 823 g/mol. The second kappa shape index (κ2) is 18.0. The van der Waals surface area contributed by atoms with E-state index >= 15 is 0 Å². The molecule has 6 N–H and O–H groups in total. The van der Waals surface area contributed by atoms with Gasteiger partial charge < -0.3 is 0 Å². The van der Waals surface area contributed by atoms with E-state index in [1.54, 1.807) is 34.3 Å². The Hall–Kier alpha value is -2.17. The van der Waals surface area contributed by atoms with Crippen molar-refractivity contribution >= 4 is 68.7 Å². The standard InChI is InChI=1S/3C8H5F3O2S.Sm/c3*9-8(10,11)7(13)4-5(12)6-2-1-3-14-6;/h3*1-3H,4H2;/p+6. The molecule has 0 atom stereocenters. The summed E-state index contributed by atoms with van der Waals surface area (Å²) in [5.74, 6) is -6.50. The van der Waals surface area contributed by atoms with Gasteiger partial charge in [-0.2, -0.15) is 39.5 Å². The molecule has 3 aromatic rings. The van der Waals surface area contributed by atoms with E-state index in [0.29, 0.717) is 14.6 Å². The van der Waals surface area contributed by atoms with E-state index in [1.165, 1.54) is 18.2 Å². The Morgan fingerprint density at radius 1 is 0.465 bits per heavy atom. The van der Waals surface area contributed by atoms with E-state index in [4.69, 9.17) is 14.4 Å². The molecule has 3 rings (SSSR count). The predicted octanol–water partition coefficient (Wildman–Crippen LogP) is 6.42. The van der Waals surface area contributed by atoms with Crippen LogP contribution in [0.2, 0.25) is 0 Å². The molecular weight excluding hydrogens is 802 g/mol. The van der Waals surface area contributed by atoms with Crippen molar-refractivity contribution in [1.82, 2.24) is 0 Å². The predicted molar refractivity (Wildman–Crippen MR) is 144 cm³/mol. The van der Waals surface area contributed by atoms with Crippen molar-refractivity contribution < 1.29 is 109 Å². The molecule has 6 nitrogen and oxygen atoms in total.